The zero-order valence-electron chi connectivity index (χ0n) is 19.2. The van der Waals surface area contributed by atoms with Gasteiger partial charge in [0.1, 0.15) is 11.7 Å². The molecule has 170 valence electrons. The van der Waals surface area contributed by atoms with Gasteiger partial charge in [0.05, 0.1) is 0 Å². The van der Waals surface area contributed by atoms with Gasteiger partial charge in [-0.15, -0.1) is 0 Å². The highest BCUT2D eigenvalue weighted by molar-refractivity contribution is 5.96. The summed E-state index contributed by atoms with van der Waals surface area (Å²) >= 11 is 0. The normalized spacial score (nSPS) is 16.2. The fourth-order valence-corrected chi connectivity index (χ4v) is 4.43. The quantitative estimate of drug-likeness (QED) is 0.656. The van der Waals surface area contributed by atoms with Crippen LogP contribution in [0.2, 0.25) is 0 Å². The first-order valence-electron chi connectivity index (χ1n) is 11.2. The van der Waals surface area contributed by atoms with Crippen LogP contribution in [0, 0.1) is 13.8 Å². The third-order valence-corrected chi connectivity index (χ3v) is 6.17. The Kier molecular flexibility index (Phi) is 6.40. The minimum atomic E-state index is -0.630. The Morgan fingerprint density at radius 3 is 2.58 bits per heavy atom. The largest absolute Gasteiger partial charge is 0.339 e. The summed E-state index contributed by atoms with van der Waals surface area (Å²) < 4.78 is 0. The van der Waals surface area contributed by atoms with Crippen molar-refractivity contribution in [3.05, 3.63) is 87.3 Å². The molecule has 7 nitrogen and oxygen atoms in total. The molecule has 1 aliphatic rings. The summed E-state index contributed by atoms with van der Waals surface area (Å²) in [7, 11) is 0. The van der Waals surface area contributed by atoms with Crippen molar-refractivity contribution in [1.82, 2.24) is 20.0 Å². The molecule has 4 rings (SSSR count). The maximum absolute atomic E-state index is 13.3. The molecule has 0 radical (unpaired) electrons. The lowest BCUT2D eigenvalue weighted by atomic mass is 9.94. The molecule has 1 fully saturated rings. The van der Waals surface area contributed by atoms with Crippen molar-refractivity contribution in [2.45, 2.75) is 33.2 Å². The number of likely N-dealkylation sites (N-methyl/N-ethyl adjacent to an activating group) is 1. The van der Waals surface area contributed by atoms with Crippen LogP contribution in [0.4, 0.5) is 0 Å². The molecule has 0 bridgehead atoms. The molecular formula is C26H28N4O3. The van der Waals surface area contributed by atoms with Crippen molar-refractivity contribution in [3.63, 3.8) is 0 Å². The molecule has 2 amide bonds. The van der Waals surface area contributed by atoms with Crippen LogP contribution in [0.5, 0.6) is 0 Å². The molecule has 2 heterocycles. The van der Waals surface area contributed by atoms with Gasteiger partial charge >= 0.3 is 0 Å². The number of amides is 2. The average Bonchev–Trinajstić information content (AvgIpc) is 2.80. The zero-order valence-corrected chi connectivity index (χ0v) is 19.2. The van der Waals surface area contributed by atoms with Crippen LogP contribution in [0.1, 0.15) is 34.1 Å². The number of carbonyl (C=O) groups excluding carboxylic acids is 2. The summed E-state index contributed by atoms with van der Waals surface area (Å²) in [5.74, 6) is -0.427. The predicted octanol–water partition coefficient (Wildman–Crippen LogP) is 2.97. The Hall–Kier alpha value is -3.74. The molecule has 3 aromatic rings. The Morgan fingerprint density at radius 2 is 1.88 bits per heavy atom. The second-order valence-corrected chi connectivity index (χ2v) is 8.46. The van der Waals surface area contributed by atoms with Crippen LogP contribution < -0.4 is 5.56 Å². The standard InChI is InChI=1S/C26H28N4O3/c1-4-29-12-13-30(25(32)22-10-11-24(31)28-27-22)23(26(29)33)16-19-6-5-7-20(15-19)21-9-8-17(2)14-18(21)3/h5-11,14-15,23H,4,12-13,16H2,1-3H3,(H,28,31). The van der Waals surface area contributed by atoms with Crippen molar-refractivity contribution in [2.75, 3.05) is 19.6 Å². The van der Waals surface area contributed by atoms with Gasteiger partial charge in [0, 0.05) is 32.1 Å². The zero-order chi connectivity index (χ0) is 23.5. The SMILES string of the molecule is CCN1CCN(C(=O)c2ccc(=O)[nH]n2)C(Cc2cccc(-c3ccc(C)cc3C)c2)C1=O. The van der Waals surface area contributed by atoms with E-state index in [0.717, 1.165) is 16.7 Å². The van der Waals surface area contributed by atoms with E-state index in [4.69, 9.17) is 0 Å². The number of piperazine rings is 1. The van der Waals surface area contributed by atoms with E-state index in [9.17, 15) is 14.4 Å². The summed E-state index contributed by atoms with van der Waals surface area (Å²) in [4.78, 5) is 41.2. The molecule has 1 saturated heterocycles. The van der Waals surface area contributed by atoms with Crippen LogP contribution in [0.3, 0.4) is 0 Å². The maximum Gasteiger partial charge on any atom is 0.275 e. The summed E-state index contributed by atoms with van der Waals surface area (Å²) in [5.41, 5.74) is 5.37. The summed E-state index contributed by atoms with van der Waals surface area (Å²) in [6.45, 7) is 7.60. The van der Waals surface area contributed by atoms with Crippen molar-refractivity contribution in [3.8, 4) is 11.1 Å². The Morgan fingerprint density at radius 1 is 1.06 bits per heavy atom. The van der Waals surface area contributed by atoms with E-state index >= 15 is 0 Å². The number of aromatic nitrogens is 2. The van der Waals surface area contributed by atoms with Gasteiger partial charge in [-0.3, -0.25) is 14.4 Å². The van der Waals surface area contributed by atoms with Crippen LogP contribution in [0.15, 0.2) is 59.4 Å². The second kappa shape index (κ2) is 9.40. The van der Waals surface area contributed by atoms with E-state index in [0.29, 0.717) is 26.1 Å². The summed E-state index contributed by atoms with van der Waals surface area (Å²) in [5, 5.41) is 6.18. The van der Waals surface area contributed by atoms with Gasteiger partial charge in [0.25, 0.3) is 11.5 Å². The van der Waals surface area contributed by atoms with E-state index in [2.05, 4.69) is 54.4 Å². The van der Waals surface area contributed by atoms with Gasteiger partial charge in [-0.1, -0.05) is 48.0 Å². The number of nitrogens with zero attached hydrogens (tertiary/aromatic N) is 3. The minimum absolute atomic E-state index is 0.0709. The molecule has 0 saturated carbocycles. The van der Waals surface area contributed by atoms with Crippen LogP contribution in [0.25, 0.3) is 11.1 Å². The van der Waals surface area contributed by atoms with Crippen LogP contribution in [-0.2, 0) is 11.2 Å². The molecule has 2 aromatic carbocycles. The molecule has 0 aliphatic carbocycles. The third kappa shape index (κ3) is 4.72. The lowest BCUT2D eigenvalue weighted by Crippen LogP contribution is -2.59. The van der Waals surface area contributed by atoms with Gasteiger partial charge in [0.2, 0.25) is 5.91 Å². The van der Waals surface area contributed by atoms with E-state index in [1.165, 1.54) is 23.3 Å². The summed E-state index contributed by atoms with van der Waals surface area (Å²) in [6.07, 6.45) is 0.406. The van der Waals surface area contributed by atoms with Crippen molar-refractivity contribution < 1.29 is 9.59 Å². The first kappa shape index (κ1) is 22.5. The number of hydrogen-bond donors (Lipinski definition) is 1. The fraction of sp³-hybridized carbons (Fsp3) is 0.308. The van der Waals surface area contributed by atoms with Crippen molar-refractivity contribution in [2.24, 2.45) is 0 Å². The molecule has 1 atom stereocenters. The number of nitrogens with one attached hydrogen (secondary N) is 1. The van der Waals surface area contributed by atoms with Gasteiger partial charge in [-0.05, 0) is 49.1 Å². The second-order valence-electron chi connectivity index (χ2n) is 8.46. The highest BCUT2D eigenvalue weighted by atomic mass is 16.2. The van der Waals surface area contributed by atoms with E-state index in [1.807, 2.05) is 19.1 Å². The number of rotatable bonds is 5. The number of aromatic amines is 1. The number of hydrogen-bond acceptors (Lipinski definition) is 4. The molecular weight excluding hydrogens is 416 g/mol. The Bertz CT molecular complexity index is 1230. The van der Waals surface area contributed by atoms with Crippen LogP contribution >= 0.6 is 0 Å². The summed E-state index contributed by atoms with van der Waals surface area (Å²) in [6, 6.07) is 16.5. The molecule has 0 spiro atoms. The molecule has 33 heavy (non-hydrogen) atoms. The number of carbonyl (C=O) groups is 2. The van der Waals surface area contributed by atoms with Crippen molar-refractivity contribution in [1.29, 1.82) is 0 Å². The monoisotopic (exact) mass is 444 g/mol. The van der Waals surface area contributed by atoms with E-state index in [-0.39, 0.29) is 23.1 Å². The third-order valence-electron chi connectivity index (χ3n) is 6.17. The Balaban J connectivity index is 1.65. The lowest BCUT2D eigenvalue weighted by molar-refractivity contribution is -0.139. The predicted molar refractivity (Wildman–Crippen MR) is 127 cm³/mol. The smallest absolute Gasteiger partial charge is 0.275 e. The van der Waals surface area contributed by atoms with Gasteiger partial charge in [0.15, 0.2) is 0 Å². The van der Waals surface area contributed by atoms with Gasteiger partial charge < -0.3 is 9.80 Å². The highest BCUT2D eigenvalue weighted by Gasteiger charge is 2.37. The van der Waals surface area contributed by atoms with E-state index < -0.39 is 6.04 Å². The molecule has 1 aliphatic heterocycles. The first-order chi connectivity index (χ1) is 15.9. The van der Waals surface area contributed by atoms with Crippen LogP contribution in [-0.4, -0.2) is 57.5 Å². The van der Waals surface area contributed by atoms with Gasteiger partial charge in [-0.2, -0.15) is 5.10 Å². The topological polar surface area (TPSA) is 86.4 Å². The fourth-order valence-electron chi connectivity index (χ4n) is 4.43. The molecule has 1 N–H and O–H groups in total. The minimum Gasteiger partial charge on any atom is -0.339 e. The molecule has 7 heteroatoms. The average molecular weight is 445 g/mol. The number of aryl methyl sites for hydroxylation is 2. The molecule has 1 aromatic heterocycles. The highest BCUT2D eigenvalue weighted by Crippen LogP contribution is 2.26. The maximum atomic E-state index is 13.3. The lowest BCUT2D eigenvalue weighted by Gasteiger charge is -2.40. The first-order valence-corrected chi connectivity index (χ1v) is 11.2. The Labute approximate surface area is 193 Å². The molecule has 1 unspecified atom stereocenters. The number of benzene rings is 2. The van der Waals surface area contributed by atoms with Crippen molar-refractivity contribution >= 4 is 11.8 Å². The van der Waals surface area contributed by atoms with Gasteiger partial charge in [-0.25, -0.2) is 5.10 Å². The number of H-pyrrole nitrogens is 1. The van der Waals surface area contributed by atoms with E-state index in [1.54, 1.807) is 9.80 Å².